The van der Waals surface area contributed by atoms with Gasteiger partial charge >= 0.3 is 5.97 Å². The molecule has 3 aromatic carbocycles. The van der Waals surface area contributed by atoms with E-state index in [0.29, 0.717) is 115 Å². The number of nitrogens with zero attached hydrogens (tertiary/aromatic N) is 11. The molecular formula is C84H129ClN12O16S3. The van der Waals surface area contributed by atoms with Crippen molar-refractivity contribution in [2.75, 3.05) is 196 Å². The van der Waals surface area contributed by atoms with Crippen LogP contribution in [0.25, 0.3) is 0 Å². The van der Waals surface area contributed by atoms with Crippen LogP contribution in [0.1, 0.15) is 110 Å². The summed E-state index contributed by atoms with van der Waals surface area (Å²) in [5.74, 6) is 2.74. The number of nitrogens with one attached hydrogen (secondary N) is 1. The van der Waals surface area contributed by atoms with Crippen molar-refractivity contribution >= 4 is 77.3 Å². The molecule has 3 fully saturated rings. The van der Waals surface area contributed by atoms with Crippen molar-refractivity contribution in [1.29, 1.82) is 0 Å². The second-order valence-electron chi connectivity index (χ2n) is 29.8. The third kappa shape index (κ3) is 31.2. The third-order valence-corrected chi connectivity index (χ3v) is 27.7. The van der Waals surface area contributed by atoms with E-state index in [1.54, 1.807) is 123 Å². The van der Waals surface area contributed by atoms with Crippen LogP contribution < -0.4 is 34.2 Å². The number of ether oxygens (including phenoxy) is 6. The van der Waals surface area contributed by atoms with Crippen molar-refractivity contribution < 1.29 is 73.2 Å². The predicted octanol–water partition coefficient (Wildman–Crippen LogP) is 10.8. The lowest BCUT2D eigenvalue weighted by Gasteiger charge is -2.34. The molecule has 3 saturated heterocycles. The number of benzene rings is 3. The first-order valence-electron chi connectivity index (χ1n) is 39.7. The number of methoxy groups -OCH3 is 3. The molecule has 116 heavy (non-hydrogen) atoms. The Balaban J connectivity index is 0.000000289. The Hall–Kier alpha value is -7.82. The summed E-state index contributed by atoms with van der Waals surface area (Å²) in [6.45, 7) is 22.0. The Labute approximate surface area is 697 Å². The fourth-order valence-corrected chi connectivity index (χ4v) is 19.1. The van der Waals surface area contributed by atoms with E-state index in [9.17, 15) is 39.6 Å². The van der Waals surface area contributed by atoms with Crippen molar-refractivity contribution in [1.82, 2.24) is 43.0 Å². The third-order valence-electron chi connectivity index (χ3n) is 21.2. The molecule has 3 aromatic heterocycles. The van der Waals surface area contributed by atoms with E-state index in [2.05, 4.69) is 47.1 Å². The molecule has 6 aromatic rings. The number of aliphatic carboxylic acids is 1. The molecule has 2 N–H and O–H groups in total. The number of pyridine rings is 3. The van der Waals surface area contributed by atoms with Gasteiger partial charge in [0.15, 0.2) is 0 Å². The Morgan fingerprint density at radius 3 is 0.905 bits per heavy atom. The van der Waals surface area contributed by atoms with E-state index in [4.69, 9.17) is 33.5 Å². The molecule has 0 unspecified atom stereocenters. The van der Waals surface area contributed by atoms with E-state index in [-0.39, 0.29) is 77.8 Å². The van der Waals surface area contributed by atoms with Gasteiger partial charge in [-0.1, -0.05) is 0 Å². The normalized spacial score (nSPS) is 14.3. The standard InChI is InChI=1S/2C28H42N4O5S.C15H23NO6S.C13H21N3.ClH/c2*1-22-20-26(37-19-18-36-5)21-23(2)28(22)38(34,35)31(4)15-11-27(33)30(3)14-8-24-9-16-32(17-10-24)25-6-12-29-13-7-25;1-11-9-13(22-8-7-21-4)10-12(2)15(11)23(19,20)16(3)6-5-14(17)18;1-14-7-2-12-5-10-16(11-6-12)13-3-8-15-9-4-13;/h2*6-7,12-13,20-21,24H,8-11,14-19H2,1-5H3;9-10H,5-8H2,1-4H3,(H,17,18);3-4,8-9,12,14H,2,5-7,10-11H2,1H3;1H. The fraction of sp³-hybridized carbons (Fsp3) is 0.571. The molecule has 28 nitrogen and oxygen atoms in total. The summed E-state index contributed by atoms with van der Waals surface area (Å²) in [4.78, 5) is 59.9. The molecule has 2 amide bonds. The Morgan fingerprint density at radius 1 is 0.414 bits per heavy atom. The summed E-state index contributed by atoms with van der Waals surface area (Å²) in [6, 6.07) is 22.6. The number of carboxylic acids is 1. The number of rotatable bonds is 39. The number of anilines is 3. The van der Waals surface area contributed by atoms with E-state index in [1.165, 1.54) is 79.2 Å². The first-order valence-corrected chi connectivity index (χ1v) is 44.1. The van der Waals surface area contributed by atoms with E-state index in [0.717, 1.165) is 81.5 Å². The van der Waals surface area contributed by atoms with Gasteiger partial charge in [0.2, 0.25) is 41.9 Å². The maximum atomic E-state index is 13.3. The van der Waals surface area contributed by atoms with Crippen molar-refractivity contribution in [2.24, 2.45) is 17.8 Å². The molecule has 3 aliphatic heterocycles. The van der Waals surface area contributed by atoms with Gasteiger partial charge in [0.25, 0.3) is 0 Å². The zero-order valence-electron chi connectivity index (χ0n) is 71.0. The lowest BCUT2D eigenvalue weighted by Crippen LogP contribution is -2.37. The number of amides is 2. The van der Waals surface area contributed by atoms with Gasteiger partial charge in [0.1, 0.15) is 37.1 Å². The van der Waals surface area contributed by atoms with Gasteiger partial charge in [0.05, 0.1) is 40.9 Å². The number of carbonyl (C=O) groups excluding carboxylic acids is 2. The number of piperidine rings is 3. The highest BCUT2D eigenvalue weighted by molar-refractivity contribution is 7.89. The highest BCUT2D eigenvalue weighted by Gasteiger charge is 2.31. The number of hydrogen-bond donors (Lipinski definition) is 2. The number of sulfonamides is 3. The predicted molar refractivity (Wildman–Crippen MR) is 459 cm³/mol. The van der Waals surface area contributed by atoms with Crippen molar-refractivity contribution in [2.45, 2.75) is 133 Å². The molecular weight excluding hydrogens is 1560 g/mol. The van der Waals surface area contributed by atoms with Crippen LogP contribution in [0.5, 0.6) is 17.2 Å². The largest absolute Gasteiger partial charge is 0.491 e. The van der Waals surface area contributed by atoms with Gasteiger partial charge in [-0.05, 0) is 237 Å². The summed E-state index contributed by atoms with van der Waals surface area (Å²) >= 11 is 0. The SMILES string of the molecule is CNCCC1CCN(c2ccncc2)CC1.COCCOc1cc(C)c(S(=O)(=O)N(C)CCC(=O)N(C)CCC2CCN(c3ccncc3)CC2)c(C)c1.COCCOc1cc(C)c(S(=O)(=O)N(C)CCC(=O)N(C)CCC2CCN(c3ccncc3)CC2)c(C)c1.COCCOc1cc(C)c(S(=O)(=O)N(C)CCC(=O)O)c(C)c1.Cl. The molecule has 0 spiro atoms. The van der Waals surface area contributed by atoms with Crippen LogP contribution in [0.3, 0.4) is 0 Å². The van der Waals surface area contributed by atoms with Gasteiger partial charge in [-0.15, -0.1) is 12.4 Å². The van der Waals surface area contributed by atoms with Crippen LogP contribution in [0.4, 0.5) is 17.1 Å². The number of carboxylic acid groups (broad SMARTS) is 1. The minimum Gasteiger partial charge on any atom is -0.491 e. The fourth-order valence-electron chi connectivity index (χ4n) is 14.4. The highest BCUT2D eigenvalue weighted by Crippen LogP contribution is 2.33. The molecule has 3 aliphatic rings. The van der Waals surface area contributed by atoms with Gasteiger partial charge in [-0.3, -0.25) is 29.3 Å². The first kappa shape index (κ1) is 98.8. The van der Waals surface area contributed by atoms with Gasteiger partial charge in [-0.25, -0.2) is 38.2 Å². The van der Waals surface area contributed by atoms with Crippen LogP contribution in [-0.4, -0.2) is 268 Å². The quantitative estimate of drug-likeness (QED) is 0.0339. The molecule has 6 heterocycles. The minimum absolute atomic E-state index is 0. The molecule has 32 heteroatoms. The van der Waals surface area contributed by atoms with Crippen LogP contribution in [-0.2, 0) is 58.7 Å². The van der Waals surface area contributed by atoms with Gasteiger partial charge in [0, 0.05) is 196 Å². The van der Waals surface area contributed by atoms with Crippen molar-refractivity contribution in [3.63, 3.8) is 0 Å². The van der Waals surface area contributed by atoms with Gasteiger partial charge in [-0.2, -0.15) is 0 Å². The van der Waals surface area contributed by atoms with Crippen LogP contribution in [0.15, 0.2) is 125 Å². The van der Waals surface area contributed by atoms with Crippen molar-refractivity contribution in [3.8, 4) is 17.2 Å². The molecule has 646 valence electrons. The average molecular weight is 1690 g/mol. The van der Waals surface area contributed by atoms with Gasteiger partial charge < -0.3 is 63.3 Å². The summed E-state index contributed by atoms with van der Waals surface area (Å²) in [5.41, 5.74) is 7.31. The lowest BCUT2D eigenvalue weighted by atomic mass is 9.93. The highest BCUT2D eigenvalue weighted by atomic mass is 35.5. The number of halogens is 1. The van der Waals surface area contributed by atoms with E-state index >= 15 is 0 Å². The van der Waals surface area contributed by atoms with Crippen LogP contribution in [0.2, 0.25) is 0 Å². The number of carbonyl (C=O) groups is 3. The zero-order valence-corrected chi connectivity index (χ0v) is 74.2. The topological polar surface area (TPSA) is 306 Å². The average Bonchev–Trinajstić information content (AvgIpc) is 0.792. The Kier molecular flexibility index (Phi) is 42.7. The lowest BCUT2D eigenvalue weighted by molar-refractivity contribution is -0.137. The second-order valence-corrected chi connectivity index (χ2v) is 35.8. The van der Waals surface area contributed by atoms with Crippen LogP contribution >= 0.6 is 12.4 Å². The zero-order chi connectivity index (χ0) is 84.3. The monoisotopic (exact) mass is 1690 g/mol. The molecule has 0 bridgehead atoms. The maximum absolute atomic E-state index is 13.3. The van der Waals surface area contributed by atoms with Crippen molar-refractivity contribution in [3.05, 3.63) is 143 Å². The minimum atomic E-state index is -3.75. The summed E-state index contributed by atoms with van der Waals surface area (Å²) < 4.78 is 114. The molecule has 9 rings (SSSR count). The maximum Gasteiger partial charge on any atom is 0.304 e. The Morgan fingerprint density at radius 2 is 0.664 bits per heavy atom. The molecule has 0 saturated carbocycles. The molecule has 0 atom stereocenters. The summed E-state index contributed by atoms with van der Waals surface area (Å²) in [6.07, 6.45) is 21.4. The Bertz CT molecular complexity index is 4040. The smallest absolute Gasteiger partial charge is 0.304 e. The second kappa shape index (κ2) is 50.2. The summed E-state index contributed by atoms with van der Waals surface area (Å²) in [5, 5.41) is 11.9. The number of hydrogen-bond acceptors (Lipinski definition) is 22. The number of aryl methyl sites for hydroxylation is 6. The number of aromatic nitrogens is 3. The van der Waals surface area contributed by atoms with E-state index in [1.807, 2.05) is 68.5 Å². The first-order chi connectivity index (χ1) is 54.9. The van der Waals surface area contributed by atoms with Crippen LogP contribution in [0, 0.1) is 59.3 Å². The summed E-state index contributed by atoms with van der Waals surface area (Å²) in [7, 11) is 3.61. The van der Waals surface area contributed by atoms with E-state index < -0.39 is 36.0 Å². The molecule has 0 aliphatic carbocycles. The molecule has 0 radical (unpaired) electrons.